The second-order valence-electron chi connectivity index (χ2n) is 5.87. The third-order valence-electron chi connectivity index (χ3n) is 4.13. The Morgan fingerprint density at radius 2 is 1.60 bits per heavy atom. The topological polar surface area (TPSA) is 12.0 Å². The zero-order valence-electron chi connectivity index (χ0n) is 13.0. The Labute approximate surface area is 123 Å². The normalized spacial score (nSPS) is 12.4. The summed E-state index contributed by atoms with van der Waals surface area (Å²) in [7, 11) is 2.00. The highest BCUT2D eigenvalue weighted by atomic mass is 14.8. The number of anilines is 1. The summed E-state index contributed by atoms with van der Waals surface area (Å²) < 4.78 is 0. The molecule has 1 unspecified atom stereocenters. The van der Waals surface area contributed by atoms with E-state index >= 15 is 0 Å². The molecule has 0 fully saturated rings. The molecule has 0 saturated carbocycles. The molecule has 0 heterocycles. The van der Waals surface area contributed by atoms with Gasteiger partial charge in [-0.15, -0.1) is 0 Å². The van der Waals surface area contributed by atoms with Gasteiger partial charge in [0.15, 0.2) is 0 Å². The Bertz CT molecular complexity index is 543. The zero-order valence-corrected chi connectivity index (χ0v) is 13.0. The van der Waals surface area contributed by atoms with E-state index in [1.165, 1.54) is 22.4 Å². The second kappa shape index (κ2) is 6.60. The number of nitrogens with one attached hydrogen (secondary N) is 1. The number of hydrogen-bond acceptors (Lipinski definition) is 1. The van der Waals surface area contributed by atoms with Gasteiger partial charge in [0, 0.05) is 12.7 Å². The zero-order chi connectivity index (χ0) is 14.5. The lowest BCUT2D eigenvalue weighted by molar-refractivity contribution is 0.536. The van der Waals surface area contributed by atoms with E-state index in [0.29, 0.717) is 11.8 Å². The predicted octanol–water partition coefficient (Wildman–Crippen LogP) is 5.08. The summed E-state index contributed by atoms with van der Waals surface area (Å²) in [6.45, 7) is 6.88. The van der Waals surface area contributed by atoms with Crippen LogP contribution >= 0.6 is 0 Å². The molecule has 1 N–H and O–H groups in total. The van der Waals surface area contributed by atoms with E-state index in [1.54, 1.807) is 0 Å². The maximum atomic E-state index is 3.32. The fraction of sp³-hybridized carbons (Fsp3) is 0.368. The van der Waals surface area contributed by atoms with Crippen molar-refractivity contribution in [3.8, 4) is 0 Å². The summed E-state index contributed by atoms with van der Waals surface area (Å²) in [5, 5.41) is 3.32. The fourth-order valence-corrected chi connectivity index (χ4v) is 2.52. The van der Waals surface area contributed by atoms with Gasteiger partial charge < -0.3 is 5.32 Å². The highest BCUT2D eigenvalue weighted by Crippen LogP contribution is 2.31. The van der Waals surface area contributed by atoms with Gasteiger partial charge in [-0.25, -0.2) is 0 Å². The molecule has 0 aliphatic carbocycles. The minimum absolute atomic E-state index is 0.563. The van der Waals surface area contributed by atoms with Gasteiger partial charge in [-0.2, -0.15) is 0 Å². The molecule has 2 aromatic rings. The van der Waals surface area contributed by atoms with Gasteiger partial charge in [0.2, 0.25) is 0 Å². The van der Waals surface area contributed by atoms with Gasteiger partial charge in [-0.1, -0.05) is 63.2 Å². The standard InChI is InChI=1S/C19H25N/c1-14(2)15(3)18-13-17(10-11-19(18)20-4)12-16-8-6-5-7-9-16/h5-11,13-15,20H,12H2,1-4H3. The van der Waals surface area contributed by atoms with Crippen LogP contribution in [0.4, 0.5) is 5.69 Å². The van der Waals surface area contributed by atoms with Crippen LogP contribution in [0, 0.1) is 5.92 Å². The Balaban J connectivity index is 2.30. The molecule has 20 heavy (non-hydrogen) atoms. The summed E-state index contributed by atoms with van der Waals surface area (Å²) >= 11 is 0. The van der Waals surface area contributed by atoms with E-state index in [0.717, 1.165) is 6.42 Å². The SMILES string of the molecule is CNc1ccc(Cc2ccccc2)cc1C(C)C(C)C. The molecule has 0 amide bonds. The minimum Gasteiger partial charge on any atom is -0.388 e. The maximum absolute atomic E-state index is 3.32. The van der Waals surface area contributed by atoms with E-state index in [2.05, 4.69) is 74.6 Å². The molecule has 0 bridgehead atoms. The molecule has 0 radical (unpaired) electrons. The largest absolute Gasteiger partial charge is 0.388 e. The van der Waals surface area contributed by atoms with Crippen LogP contribution in [0.5, 0.6) is 0 Å². The van der Waals surface area contributed by atoms with E-state index in [4.69, 9.17) is 0 Å². The van der Waals surface area contributed by atoms with Crippen molar-refractivity contribution in [2.75, 3.05) is 12.4 Å². The highest BCUT2D eigenvalue weighted by Gasteiger charge is 2.14. The summed E-state index contributed by atoms with van der Waals surface area (Å²) in [5.74, 6) is 1.21. The van der Waals surface area contributed by atoms with E-state index < -0.39 is 0 Å². The van der Waals surface area contributed by atoms with Crippen molar-refractivity contribution in [2.45, 2.75) is 33.1 Å². The Morgan fingerprint density at radius 3 is 2.20 bits per heavy atom. The van der Waals surface area contributed by atoms with Crippen LogP contribution in [-0.2, 0) is 6.42 Å². The third kappa shape index (κ3) is 3.41. The molecule has 106 valence electrons. The molecule has 0 aliphatic rings. The molecule has 1 atom stereocenters. The van der Waals surface area contributed by atoms with Gasteiger partial charge in [0.05, 0.1) is 0 Å². The molecule has 2 aromatic carbocycles. The van der Waals surface area contributed by atoms with E-state index in [-0.39, 0.29) is 0 Å². The van der Waals surface area contributed by atoms with Crippen LogP contribution < -0.4 is 5.32 Å². The van der Waals surface area contributed by atoms with E-state index in [9.17, 15) is 0 Å². The molecule has 2 rings (SSSR count). The lowest BCUT2D eigenvalue weighted by Gasteiger charge is -2.21. The molecule has 0 aromatic heterocycles. The molecule has 0 spiro atoms. The molecular formula is C19H25N. The first-order chi connectivity index (χ1) is 9.61. The smallest absolute Gasteiger partial charge is 0.0373 e. The molecular weight excluding hydrogens is 242 g/mol. The monoisotopic (exact) mass is 267 g/mol. The van der Waals surface area contributed by atoms with Crippen molar-refractivity contribution in [3.05, 3.63) is 65.2 Å². The maximum Gasteiger partial charge on any atom is 0.0373 e. The average Bonchev–Trinajstić information content (AvgIpc) is 2.47. The molecule has 1 nitrogen and oxygen atoms in total. The van der Waals surface area contributed by atoms with Crippen molar-refractivity contribution in [2.24, 2.45) is 5.92 Å². The van der Waals surface area contributed by atoms with Crippen molar-refractivity contribution in [3.63, 3.8) is 0 Å². The van der Waals surface area contributed by atoms with Crippen LogP contribution in [0.25, 0.3) is 0 Å². The third-order valence-corrected chi connectivity index (χ3v) is 4.13. The van der Waals surface area contributed by atoms with Gasteiger partial charge in [-0.3, -0.25) is 0 Å². The molecule has 0 aliphatic heterocycles. The van der Waals surface area contributed by atoms with Crippen LogP contribution in [0.2, 0.25) is 0 Å². The lowest BCUT2D eigenvalue weighted by Crippen LogP contribution is -2.06. The summed E-state index contributed by atoms with van der Waals surface area (Å²) in [5.41, 5.74) is 5.43. The summed E-state index contributed by atoms with van der Waals surface area (Å²) in [6, 6.07) is 17.5. The molecule has 0 saturated heterocycles. The quantitative estimate of drug-likeness (QED) is 0.796. The van der Waals surface area contributed by atoms with Crippen LogP contribution in [0.15, 0.2) is 48.5 Å². The minimum atomic E-state index is 0.563. The van der Waals surface area contributed by atoms with Crippen molar-refractivity contribution in [1.29, 1.82) is 0 Å². The summed E-state index contributed by atoms with van der Waals surface area (Å²) in [4.78, 5) is 0. The van der Waals surface area contributed by atoms with Crippen LogP contribution in [-0.4, -0.2) is 7.05 Å². The highest BCUT2D eigenvalue weighted by molar-refractivity contribution is 5.54. The van der Waals surface area contributed by atoms with Crippen LogP contribution in [0.3, 0.4) is 0 Å². The molecule has 1 heteroatoms. The van der Waals surface area contributed by atoms with Gasteiger partial charge >= 0.3 is 0 Å². The number of hydrogen-bond donors (Lipinski definition) is 1. The number of rotatable bonds is 5. The first kappa shape index (κ1) is 14.6. The first-order valence-corrected chi connectivity index (χ1v) is 7.46. The van der Waals surface area contributed by atoms with Gasteiger partial charge in [0.1, 0.15) is 0 Å². The predicted molar refractivity (Wildman–Crippen MR) is 88.5 cm³/mol. The Hall–Kier alpha value is -1.76. The van der Waals surface area contributed by atoms with Gasteiger partial charge in [-0.05, 0) is 41.0 Å². The average molecular weight is 267 g/mol. The van der Waals surface area contributed by atoms with Crippen molar-refractivity contribution < 1.29 is 0 Å². The van der Waals surface area contributed by atoms with E-state index in [1.807, 2.05) is 7.05 Å². The Kier molecular flexibility index (Phi) is 4.84. The first-order valence-electron chi connectivity index (χ1n) is 7.46. The second-order valence-corrected chi connectivity index (χ2v) is 5.87. The lowest BCUT2D eigenvalue weighted by atomic mass is 9.87. The van der Waals surface area contributed by atoms with Gasteiger partial charge in [0.25, 0.3) is 0 Å². The Morgan fingerprint density at radius 1 is 0.900 bits per heavy atom. The summed E-state index contributed by atoms with van der Waals surface area (Å²) in [6.07, 6.45) is 1.00. The number of benzene rings is 2. The van der Waals surface area contributed by atoms with Crippen LogP contribution in [0.1, 0.15) is 43.4 Å². The van der Waals surface area contributed by atoms with Crippen molar-refractivity contribution >= 4 is 5.69 Å². The fourth-order valence-electron chi connectivity index (χ4n) is 2.52. The van der Waals surface area contributed by atoms with Crippen molar-refractivity contribution in [1.82, 2.24) is 0 Å².